The van der Waals surface area contributed by atoms with Crippen molar-refractivity contribution in [2.75, 3.05) is 37.6 Å². The van der Waals surface area contributed by atoms with Crippen LogP contribution in [0.5, 0.6) is 0 Å². The lowest BCUT2D eigenvalue weighted by molar-refractivity contribution is -0.497. The van der Waals surface area contributed by atoms with Gasteiger partial charge in [0.05, 0.1) is 11.3 Å². The van der Waals surface area contributed by atoms with Crippen molar-refractivity contribution >= 4 is 11.5 Å². The first-order chi connectivity index (χ1) is 14.5. The van der Waals surface area contributed by atoms with E-state index < -0.39 is 11.5 Å². The van der Waals surface area contributed by atoms with Gasteiger partial charge in [0, 0.05) is 49.5 Å². The molecule has 1 aliphatic heterocycles. The number of likely N-dealkylation sites (N-methyl/N-ethyl adjacent to an activating group) is 1. The molecule has 1 saturated heterocycles. The fraction of sp³-hybridized carbons (Fsp3) is 0.368. The molecule has 11 nitrogen and oxygen atoms in total. The largest absolute Gasteiger partial charge is 0.386 e. The zero-order valence-corrected chi connectivity index (χ0v) is 16.6. The summed E-state index contributed by atoms with van der Waals surface area (Å²) in [6.45, 7) is 8.56. The summed E-state index contributed by atoms with van der Waals surface area (Å²) in [5.41, 5.74) is 2.32. The first-order valence-electron chi connectivity index (χ1n) is 9.46. The van der Waals surface area contributed by atoms with Crippen molar-refractivity contribution in [2.45, 2.75) is 13.5 Å². The molecule has 0 unspecified atom stereocenters. The summed E-state index contributed by atoms with van der Waals surface area (Å²) in [4.78, 5) is 19.0. The van der Waals surface area contributed by atoms with Crippen LogP contribution in [0.15, 0.2) is 41.3 Å². The van der Waals surface area contributed by atoms with E-state index in [0.717, 1.165) is 0 Å². The molecule has 0 amide bonds. The van der Waals surface area contributed by atoms with Crippen molar-refractivity contribution in [3.8, 4) is 6.07 Å². The summed E-state index contributed by atoms with van der Waals surface area (Å²) in [5, 5.41) is 31.1. The van der Waals surface area contributed by atoms with Crippen LogP contribution < -0.4 is 10.2 Å². The Balaban J connectivity index is 1.84. The van der Waals surface area contributed by atoms with Crippen LogP contribution in [0.25, 0.3) is 5.70 Å². The van der Waals surface area contributed by atoms with E-state index in [-0.39, 0.29) is 5.69 Å². The second-order valence-electron chi connectivity index (χ2n) is 6.60. The number of anilines is 1. The number of hydrogen-bond acceptors (Lipinski definition) is 10. The third-order valence-electron chi connectivity index (χ3n) is 4.62. The van der Waals surface area contributed by atoms with E-state index in [1.807, 2.05) is 11.8 Å². The Labute approximate surface area is 173 Å². The maximum atomic E-state index is 11.0. The van der Waals surface area contributed by atoms with E-state index in [9.17, 15) is 15.4 Å². The Hall–Kier alpha value is -3.94. The molecule has 156 valence electrons. The quantitative estimate of drug-likeness (QED) is 0.386. The molecule has 2 aromatic rings. The lowest BCUT2D eigenvalue weighted by Crippen LogP contribution is -2.46. The highest BCUT2D eigenvalue weighted by molar-refractivity contribution is 5.65. The molecule has 1 aliphatic rings. The predicted octanol–water partition coefficient (Wildman–Crippen LogP) is 1.40. The Morgan fingerprint density at radius 1 is 1.43 bits per heavy atom. The van der Waals surface area contributed by atoms with Crippen LogP contribution in [0.2, 0.25) is 0 Å². The highest BCUT2D eigenvalue weighted by Gasteiger charge is 2.27. The normalized spacial score (nSPS) is 14.3. The fourth-order valence-corrected chi connectivity index (χ4v) is 3.28. The average molecular weight is 410 g/mol. The van der Waals surface area contributed by atoms with Gasteiger partial charge in [0.25, 0.3) is 6.54 Å². The van der Waals surface area contributed by atoms with Gasteiger partial charge in [-0.3, -0.25) is 10.1 Å². The summed E-state index contributed by atoms with van der Waals surface area (Å²) in [7, 11) is 0. The van der Waals surface area contributed by atoms with Crippen molar-refractivity contribution in [2.24, 2.45) is 0 Å². The third kappa shape index (κ3) is 4.72. The number of rotatable bonds is 8. The molecule has 3 rings (SSSR count). The highest BCUT2D eigenvalue weighted by atomic mass is 16.6. The molecule has 0 bridgehead atoms. The molecule has 0 saturated carbocycles. The minimum absolute atomic E-state index is 0.162. The fourth-order valence-electron chi connectivity index (χ4n) is 3.28. The van der Waals surface area contributed by atoms with Gasteiger partial charge in [-0.25, -0.2) is 9.61 Å². The van der Waals surface area contributed by atoms with Crippen molar-refractivity contribution < 1.29 is 9.55 Å². The molecule has 0 spiro atoms. The van der Waals surface area contributed by atoms with Crippen molar-refractivity contribution in [3.63, 3.8) is 0 Å². The highest BCUT2D eigenvalue weighted by Crippen LogP contribution is 2.25. The molecule has 1 N–H and O–H groups in total. The molecule has 0 radical (unpaired) electrons. The van der Waals surface area contributed by atoms with Gasteiger partial charge in [-0.05, 0) is 35.4 Å². The number of nitrogens with one attached hydrogen (secondary N) is 1. The topological polar surface area (TPSA) is 137 Å². The monoisotopic (exact) mass is 410 g/mol. The zero-order chi connectivity index (χ0) is 21.5. The maximum absolute atomic E-state index is 11.0. The Morgan fingerprint density at radius 3 is 2.87 bits per heavy atom. The number of nitrogens with zero attached hydrogens (tertiary/aromatic N) is 7. The molecule has 0 atom stereocenters. The zero-order valence-electron chi connectivity index (χ0n) is 16.6. The molecule has 2 aromatic heterocycles. The van der Waals surface area contributed by atoms with E-state index in [1.165, 1.54) is 0 Å². The molecule has 0 aromatic carbocycles. The molecule has 0 aliphatic carbocycles. The van der Waals surface area contributed by atoms with Crippen molar-refractivity contribution in [1.29, 1.82) is 5.26 Å². The second-order valence-corrected chi connectivity index (χ2v) is 6.60. The summed E-state index contributed by atoms with van der Waals surface area (Å²) >= 11 is 0. The number of allylic oxidation sites excluding steroid dienone is 1. The van der Waals surface area contributed by atoms with Crippen LogP contribution in [0.4, 0.5) is 5.82 Å². The molecule has 1 fully saturated rings. The lowest BCUT2D eigenvalue weighted by atomic mass is 10.1. The van der Waals surface area contributed by atoms with Crippen LogP contribution >= 0.6 is 0 Å². The van der Waals surface area contributed by atoms with Crippen LogP contribution in [-0.2, 0) is 6.54 Å². The van der Waals surface area contributed by atoms with E-state index in [1.54, 1.807) is 24.4 Å². The lowest BCUT2D eigenvalue weighted by Gasteiger charge is -2.37. The summed E-state index contributed by atoms with van der Waals surface area (Å²) in [6, 6.07) is 5.65. The van der Waals surface area contributed by atoms with Gasteiger partial charge in [-0.1, -0.05) is 6.58 Å². The van der Waals surface area contributed by atoms with E-state index in [2.05, 4.69) is 38.2 Å². The number of hydrogen-bond donors (Lipinski definition) is 1. The Morgan fingerprint density at radius 2 is 2.20 bits per heavy atom. The van der Waals surface area contributed by atoms with Gasteiger partial charge in [-0.2, -0.15) is 5.26 Å². The molecular weight excluding hydrogens is 388 g/mol. The number of piperazine rings is 1. The summed E-state index contributed by atoms with van der Waals surface area (Å²) in [5.74, 6) is 0.652. The van der Waals surface area contributed by atoms with Gasteiger partial charge in [-0.15, -0.1) is 0 Å². The van der Waals surface area contributed by atoms with Gasteiger partial charge in [0.15, 0.2) is 11.4 Å². The average Bonchev–Trinajstić information content (AvgIpc) is 3.19. The third-order valence-corrected chi connectivity index (χ3v) is 4.62. The van der Waals surface area contributed by atoms with Crippen LogP contribution in [0, 0.1) is 21.4 Å². The van der Waals surface area contributed by atoms with E-state index in [0.29, 0.717) is 61.2 Å². The number of pyridine rings is 1. The first kappa shape index (κ1) is 20.8. The minimum atomic E-state index is -0.483. The minimum Gasteiger partial charge on any atom is -0.386 e. The van der Waals surface area contributed by atoms with Crippen LogP contribution in [0.3, 0.4) is 0 Å². The summed E-state index contributed by atoms with van der Waals surface area (Å²) in [6.07, 6.45) is 3.46. The van der Waals surface area contributed by atoms with Gasteiger partial charge >= 0.3 is 0 Å². The van der Waals surface area contributed by atoms with Crippen molar-refractivity contribution in [3.05, 3.63) is 63.7 Å². The second kappa shape index (κ2) is 9.51. The predicted molar refractivity (Wildman–Crippen MR) is 109 cm³/mol. The van der Waals surface area contributed by atoms with Crippen molar-refractivity contribution in [1.82, 2.24) is 25.5 Å². The smallest absolute Gasteiger partial charge is 0.251 e. The van der Waals surface area contributed by atoms with Crippen LogP contribution in [-0.4, -0.2) is 57.8 Å². The number of nitriles is 1. The first-order valence-corrected chi connectivity index (χ1v) is 9.46. The van der Waals surface area contributed by atoms with E-state index in [4.69, 9.17) is 4.63 Å². The molecule has 11 heteroatoms. The summed E-state index contributed by atoms with van der Waals surface area (Å²) < 4.78 is 4.80. The standard InChI is InChI=1S/C19H22N8O3/c1-3-21-14(2)11-17(18-16(13-27(28)29)23-30-24-18)25-7-9-26(10-8-25)19-15(12-20)5-4-6-22-19/h4-6,11,21H,2-3,7-10,13H2,1H3/b17-11+. The van der Waals surface area contributed by atoms with Gasteiger partial charge < -0.3 is 15.1 Å². The Bertz CT molecular complexity index is 986. The maximum Gasteiger partial charge on any atom is 0.251 e. The van der Waals surface area contributed by atoms with E-state index >= 15 is 0 Å². The molecular formula is C19H22N8O3. The van der Waals surface area contributed by atoms with Gasteiger partial charge in [0.2, 0.25) is 0 Å². The van der Waals surface area contributed by atoms with Crippen LogP contribution in [0.1, 0.15) is 23.9 Å². The molecule has 30 heavy (non-hydrogen) atoms. The number of nitro groups is 1. The number of aromatic nitrogens is 3. The molecule has 3 heterocycles. The SMILES string of the molecule is C=C(/C=C(\c1nonc1C[N+](=O)[O-])N1CCN(c2ncccc2C#N)CC1)NCC. The Kier molecular flexibility index (Phi) is 6.59. The van der Waals surface area contributed by atoms with Gasteiger partial charge in [0.1, 0.15) is 11.9 Å².